The molecule has 0 unspecified atom stereocenters. The zero-order chi connectivity index (χ0) is 26.5. The van der Waals surface area contributed by atoms with Gasteiger partial charge in [0.25, 0.3) is 5.91 Å². The van der Waals surface area contributed by atoms with Crippen molar-refractivity contribution in [2.45, 2.75) is 102 Å². The zero-order valence-electron chi connectivity index (χ0n) is 22.7. The molecule has 0 radical (unpaired) electrons. The Labute approximate surface area is 226 Å². The first kappa shape index (κ1) is 27.0. The molecular formula is C30H43N3O5. The normalized spacial score (nSPS) is 26.8. The van der Waals surface area contributed by atoms with Crippen molar-refractivity contribution in [1.29, 1.82) is 0 Å². The van der Waals surface area contributed by atoms with Gasteiger partial charge in [0, 0.05) is 25.2 Å². The minimum absolute atomic E-state index is 0.0341. The molecule has 0 bridgehead atoms. The molecule has 0 aromatic heterocycles. The van der Waals surface area contributed by atoms with Gasteiger partial charge in [-0.05, 0) is 62.6 Å². The van der Waals surface area contributed by atoms with Gasteiger partial charge >= 0.3 is 0 Å². The van der Waals surface area contributed by atoms with E-state index in [9.17, 15) is 14.4 Å². The van der Waals surface area contributed by atoms with Crippen molar-refractivity contribution in [3.05, 3.63) is 23.8 Å². The lowest BCUT2D eigenvalue weighted by Gasteiger charge is -2.42. The predicted molar refractivity (Wildman–Crippen MR) is 145 cm³/mol. The van der Waals surface area contributed by atoms with Crippen LogP contribution in [0, 0.1) is 11.8 Å². The van der Waals surface area contributed by atoms with Crippen LogP contribution in [0.15, 0.2) is 18.2 Å². The van der Waals surface area contributed by atoms with Crippen LogP contribution in [-0.4, -0.2) is 61.1 Å². The number of likely N-dealkylation sites (N-methyl/N-ethyl adjacent to an activating group) is 1. The van der Waals surface area contributed by atoms with E-state index in [1.807, 2.05) is 7.05 Å². The first-order chi connectivity index (χ1) is 18.5. The SMILES string of the molecule is CN1C(=O)c2cc(NC(=O)C3CCCCC3)ccc2OC[C@@H]2O[C@@H](CC(=O)NCC3CCCCC3)CC[C@H]21. The van der Waals surface area contributed by atoms with E-state index < -0.39 is 0 Å². The van der Waals surface area contributed by atoms with Gasteiger partial charge in [-0.1, -0.05) is 38.5 Å². The van der Waals surface area contributed by atoms with Gasteiger partial charge in [-0.2, -0.15) is 0 Å². The fourth-order valence-corrected chi connectivity index (χ4v) is 6.64. The number of amides is 3. The molecule has 2 heterocycles. The Morgan fingerprint density at radius 3 is 2.47 bits per heavy atom. The zero-order valence-corrected chi connectivity index (χ0v) is 22.7. The van der Waals surface area contributed by atoms with Crippen LogP contribution in [0.5, 0.6) is 5.75 Å². The van der Waals surface area contributed by atoms with Crippen LogP contribution < -0.4 is 15.4 Å². The molecule has 1 aromatic carbocycles. The number of hydrogen-bond acceptors (Lipinski definition) is 5. The number of carbonyl (C=O) groups is 3. The third-order valence-electron chi connectivity index (χ3n) is 8.98. The number of ether oxygens (including phenoxy) is 2. The van der Waals surface area contributed by atoms with Crippen LogP contribution in [0.2, 0.25) is 0 Å². The van der Waals surface area contributed by atoms with Crippen molar-refractivity contribution in [3.8, 4) is 5.75 Å². The molecule has 38 heavy (non-hydrogen) atoms. The van der Waals surface area contributed by atoms with E-state index in [-0.39, 0.29) is 41.9 Å². The van der Waals surface area contributed by atoms with Gasteiger partial charge in [0.05, 0.1) is 24.1 Å². The highest BCUT2D eigenvalue weighted by Gasteiger charge is 2.39. The summed E-state index contributed by atoms with van der Waals surface area (Å²) in [4.78, 5) is 40.6. The summed E-state index contributed by atoms with van der Waals surface area (Å²) in [5.41, 5.74) is 1.08. The number of carbonyl (C=O) groups excluding carboxylic acids is 3. The predicted octanol–water partition coefficient (Wildman–Crippen LogP) is 4.67. The maximum atomic E-state index is 13.5. The quantitative estimate of drug-likeness (QED) is 0.563. The average Bonchev–Trinajstić information content (AvgIpc) is 2.95. The minimum Gasteiger partial charge on any atom is -0.490 e. The molecule has 1 saturated heterocycles. The van der Waals surface area contributed by atoms with Crippen molar-refractivity contribution in [1.82, 2.24) is 10.2 Å². The van der Waals surface area contributed by atoms with Gasteiger partial charge in [0.15, 0.2) is 0 Å². The summed E-state index contributed by atoms with van der Waals surface area (Å²) in [6.45, 7) is 1.07. The molecule has 2 aliphatic carbocycles. The standard InChI is InChI=1S/C30H43N3O5/c1-33-25-14-13-23(17-28(34)31-18-20-8-4-2-5-9-20)38-27(25)19-37-26-15-12-22(16-24(26)30(33)36)32-29(35)21-10-6-3-7-11-21/h12,15-16,20-21,23,25,27H,2-11,13-14,17-19H2,1H3,(H,31,34)(H,32,35)/t23-,25-,27+/m1/s1. The van der Waals surface area contributed by atoms with Crippen molar-refractivity contribution in [2.75, 3.05) is 25.5 Å². The number of fused-ring (bicyclic) bond motifs is 2. The maximum Gasteiger partial charge on any atom is 0.257 e. The monoisotopic (exact) mass is 525 g/mol. The second-order valence-electron chi connectivity index (χ2n) is 11.7. The third-order valence-corrected chi connectivity index (χ3v) is 8.98. The number of nitrogens with one attached hydrogen (secondary N) is 2. The topological polar surface area (TPSA) is 97.0 Å². The van der Waals surface area contributed by atoms with Gasteiger partial charge in [0.2, 0.25) is 11.8 Å². The summed E-state index contributed by atoms with van der Waals surface area (Å²) in [6, 6.07) is 5.17. The second-order valence-corrected chi connectivity index (χ2v) is 11.7. The molecule has 3 fully saturated rings. The van der Waals surface area contributed by atoms with E-state index >= 15 is 0 Å². The summed E-state index contributed by atoms with van der Waals surface area (Å²) < 4.78 is 12.4. The molecule has 3 amide bonds. The van der Waals surface area contributed by atoms with E-state index in [0.717, 1.165) is 45.1 Å². The van der Waals surface area contributed by atoms with Crippen molar-refractivity contribution in [3.63, 3.8) is 0 Å². The second kappa shape index (κ2) is 12.5. The van der Waals surface area contributed by atoms with Crippen LogP contribution >= 0.6 is 0 Å². The molecule has 2 aliphatic heterocycles. The van der Waals surface area contributed by atoms with Gasteiger partial charge in [-0.25, -0.2) is 0 Å². The molecule has 208 valence electrons. The van der Waals surface area contributed by atoms with Crippen LogP contribution in [0.1, 0.15) is 93.8 Å². The van der Waals surface area contributed by atoms with E-state index in [1.165, 1.54) is 38.5 Å². The van der Waals surface area contributed by atoms with Crippen molar-refractivity contribution in [2.24, 2.45) is 11.8 Å². The molecule has 2 saturated carbocycles. The van der Waals surface area contributed by atoms with Crippen molar-refractivity contribution < 1.29 is 23.9 Å². The number of hydrogen-bond donors (Lipinski definition) is 2. The molecule has 2 N–H and O–H groups in total. The summed E-state index contributed by atoms with van der Waals surface area (Å²) in [7, 11) is 1.81. The lowest BCUT2D eigenvalue weighted by Crippen LogP contribution is -2.54. The van der Waals surface area contributed by atoms with Gasteiger partial charge in [-0.15, -0.1) is 0 Å². The Morgan fingerprint density at radius 2 is 1.71 bits per heavy atom. The highest BCUT2D eigenvalue weighted by Crippen LogP contribution is 2.33. The van der Waals surface area contributed by atoms with E-state index in [4.69, 9.17) is 9.47 Å². The Hall–Kier alpha value is -2.61. The van der Waals surface area contributed by atoms with Crippen LogP contribution in [0.4, 0.5) is 5.69 Å². The van der Waals surface area contributed by atoms with Gasteiger partial charge in [-0.3, -0.25) is 14.4 Å². The Morgan fingerprint density at radius 1 is 0.974 bits per heavy atom. The highest BCUT2D eigenvalue weighted by atomic mass is 16.5. The number of nitrogens with zero attached hydrogens (tertiary/aromatic N) is 1. The van der Waals surface area contributed by atoms with Crippen LogP contribution in [0.25, 0.3) is 0 Å². The van der Waals surface area contributed by atoms with Gasteiger partial charge in [0.1, 0.15) is 18.5 Å². The van der Waals surface area contributed by atoms with E-state index in [0.29, 0.717) is 35.9 Å². The smallest absolute Gasteiger partial charge is 0.257 e. The molecule has 4 aliphatic rings. The molecule has 8 nitrogen and oxygen atoms in total. The van der Waals surface area contributed by atoms with E-state index in [2.05, 4.69) is 10.6 Å². The lowest BCUT2D eigenvalue weighted by molar-refractivity contribution is -0.134. The summed E-state index contributed by atoms with van der Waals surface area (Å²) in [6.07, 6.45) is 12.8. The average molecular weight is 526 g/mol. The van der Waals surface area contributed by atoms with E-state index in [1.54, 1.807) is 23.1 Å². The lowest BCUT2D eigenvalue weighted by atomic mass is 9.88. The van der Waals surface area contributed by atoms with Crippen LogP contribution in [-0.2, 0) is 14.3 Å². The molecule has 1 aromatic rings. The third kappa shape index (κ3) is 6.50. The number of benzene rings is 1. The Balaban J connectivity index is 1.18. The van der Waals surface area contributed by atoms with Crippen molar-refractivity contribution >= 4 is 23.4 Å². The largest absolute Gasteiger partial charge is 0.490 e. The highest BCUT2D eigenvalue weighted by molar-refractivity contribution is 6.00. The number of anilines is 1. The fraction of sp³-hybridized carbons (Fsp3) is 0.700. The summed E-state index contributed by atoms with van der Waals surface area (Å²) >= 11 is 0. The first-order valence-electron chi connectivity index (χ1n) is 14.7. The summed E-state index contributed by atoms with van der Waals surface area (Å²) in [5.74, 6) is 1.07. The molecule has 3 atom stereocenters. The molecule has 5 rings (SSSR count). The molecule has 8 heteroatoms. The van der Waals surface area contributed by atoms with Gasteiger partial charge < -0.3 is 25.0 Å². The Bertz CT molecular complexity index is 1000. The molecule has 0 spiro atoms. The fourth-order valence-electron chi connectivity index (χ4n) is 6.64. The van der Waals surface area contributed by atoms with Crippen LogP contribution in [0.3, 0.4) is 0 Å². The minimum atomic E-state index is -0.298. The Kier molecular flexibility index (Phi) is 8.87. The molecular weight excluding hydrogens is 482 g/mol. The number of rotatable bonds is 6. The first-order valence-corrected chi connectivity index (χ1v) is 14.7. The summed E-state index contributed by atoms with van der Waals surface area (Å²) in [5, 5.41) is 6.13. The maximum absolute atomic E-state index is 13.5.